The normalized spacial score (nSPS) is 34.3. The van der Waals surface area contributed by atoms with Gasteiger partial charge in [-0.15, -0.1) is 16.2 Å². The fourth-order valence-electron chi connectivity index (χ4n) is 3.22. The molecule has 1 saturated heterocycles. The van der Waals surface area contributed by atoms with Gasteiger partial charge in [0.15, 0.2) is 11.6 Å². The van der Waals surface area contributed by atoms with Gasteiger partial charge in [0.1, 0.15) is 12.2 Å². The van der Waals surface area contributed by atoms with Crippen molar-refractivity contribution in [3.05, 3.63) is 63.2 Å². The Bertz CT molecular complexity index is 784. The van der Waals surface area contributed by atoms with Crippen LogP contribution in [0.5, 0.6) is 0 Å². The maximum atomic E-state index is 11.9. The molecule has 1 aromatic carbocycles. The van der Waals surface area contributed by atoms with E-state index in [1.165, 1.54) is 6.07 Å². The molecule has 0 bridgehead atoms. The standard InChI is InChI=1S/C17H17NO7S/c19-12-13(15(21)22)25-17(23,11-7-4-8-26-11)16(18-24,14(12)20)9-10-5-2-1-3-6-10/h1-8,12-14,19-20,23H,9H2,(H,21,22)/t12-,13+,14+,16-,17?/m1/s1. The van der Waals surface area contributed by atoms with E-state index < -0.39 is 35.6 Å². The summed E-state index contributed by atoms with van der Waals surface area (Å²) < 4.78 is 5.30. The van der Waals surface area contributed by atoms with Gasteiger partial charge >= 0.3 is 5.97 Å². The first kappa shape index (κ1) is 18.6. The van der Waals surface area contributed by atoms with Crippen LogP contribution in [0.4, 0.5) is 0 Å². The van der Waals surface area contributed by atoms with Crippen LogP contribution in [0.1, 0.15) is 10.4 Å². The van der Waals surface area contributed by atoms with Crippen molar-refractivity contribution in [2.24, 2.45) is 5.18 Å². The van der Waals surface area contributed by atoms with Crippen LogP contribution in [0.3, 0.4) is 0 Å². The molecule has 26 heavy (non-hydrogen) atoms. The number of rotatable bonds is 5. The fourth-order valence-corrected chi connectivity index (χ4v) is 4.07. The average Bonchev–Trinajstić information content (AvgIpc) is 3.18. The Balaban J connectivity index is 2.17. The number of hydrogen-bond donors (Lipinski definition) is 4. The third-order valence-corrected chi connectivity index (χ3v) is 5.55. The number of aliphatic hydroxyl groups excluding tert-OH is 2. The topological polar surface area (TPSA) is 137 Å². The van der Waals surface area contributed by atoms with Gasteiger partial charge in [0.25, 0.3) is 0 Å². The van der Waals surface area contributed by atoms with Gasteiger partial charge in [-0.25, -0.2) is 4.79 Å². The molecule has 0 spiro atoms. The van der Waals surface area contributed by atoms with Gasteiger partial charge in [-0.05, 0) is 17.0 Å². The zero-order chi connectivity index (χ0) is 18.9. The summed E-state index contributed by atoms with van der Waals surface area (Å²) in [5.41, 5.74) is -1.70. The van der Waals surface area contributed by atoms with Crippen LogP contribution in [-0.2, 0) is 21.7 Å². The summed E-state index contributed by atoms with van der Waals surface area (Å²) in [7, 11) is 0. The molecule has 8 nitrogen and oxygen atoms in total. The number of carbonyl (C=O) groups is 1. The molecule has 9 heteroatoms. The zero-order valence-corrected chi connectivity index (χ0v) is 14.2. The Labute approximate surface area is 152 Å². The van der Waals surface area contributed by atoms with Crippen LogP contribution in [0.2, 0.25) is 0 Å². The first-order chi connectivity index (χ1) is 12.4. The maximum absolute atomic E-state index is 11.9. The van der Waals surface area contributed by atoms with Gasteiger partial charge in [0.2, 0.25) is 5.79 Å². The first-order valence-corrected chi connectivity index (χ1v) is 8.65. The van der Waals surface area contributed by atoms with Crippen molar-refractivity contribution in [2.75, 3.05) is 0 Å². The Kier molecular flexibility index (Phi) is 4.91. The highest BCUT2D eigenvalue weighted by Gasteiger charge is 2.68. The lowest BCUT2D eigenvalue weighted by atomic mass is 9.73. The first-order valence-electron chi connectivity index (χ1n) is 7.77. The van der Waals surface area contributed by atoms with Crippen LogP contribution in [0, 0.1) is 4.91 Å². The molecule has 0 aliphatic carbocycles. The highest BCUT2D eigenvalue weighted by Crippen LogP contribution is 2.49. The molecule has 1 aromatic heterocycles. The number of hydrogen-bond acceptors (Lipinski definition) is 8. The van der Waals surface area contributed by atoms with E-state index in [1.54, 1.807) is 41.8 Å². The van der Waals surface area contributed by atoms with Crippen molar-refractivity contribution in [3.63, 3.8) is 0 Å². The lowest BCUT2D eigenvalue weighted by molar-refractivity contribution is -0.341. The zero-order valence-electron chi connectivity index (χ0n) is 13.4. The molecular weight excluding hydrogens is 362 g/mol. The number of carboxylic acid groups (broad SMARTS) is 1. The molecule has 1 unspecified atom stereocenters. The van der Waals surface area contributed by atoms with E-state index in [-0.39, 0.29) is 11.3 Å². The van der Waals surface area contributed by atoms with Gasteiger partial charge in [0, 0.05) is 6.42 Å². The average molecular weight is 379 g/mol. The van der Waals surface area contributed by atoms with Crippen molar-refractivity contribution in [1.82, 2.24) is 0 Å². The summed E-state index contributed by atoms with van der Waals surface area (Å²) in [6.07, 6.45) is -6.12. The minimum atomic E-state index is -2.53. The lowest BCUT2D eigenvalue weighted by Gasteiger charge is -2.50. The highest BCUT2D eigenvalue weighted by atomic mass is 32.1. The fraction of sp³-hybridized carbons (Fsp3) is 0.353. The van der Waals surface area contributed by atoms with Crippen molar-refractivity contribution >= 4 is 17.3 Å². The van der Waals surface area contributed by atoms with E-state index in [1.807, 2.05) is 0 Å². The summed E-state index contributed by atoms with van der Waals surface area (Å²) >= 11 is 1.01. The van der Waals surface area contributed by atoms with Gasteiger partial charge in [-0.3, -0.25) is 0 Å². The molecule has 5 atom stereocenters. The van der Waals surface area contributed by atoms with Crippen molar-refractivity contribution in [2.45, 2.75) is 36.1 Å². The summed E-state index contributed by atoms with van der Waals surface area (Å²) in [4.78, 5) is 23.4. The van der Waals surface area contributed by atoms with Crippen molar-refractivity contribution in [1.29, 1.82) is 0 Å². The number of carboxylic acids is 1. The van der Waals surface area contributed by atoms with E-state index in [4.69, 9.17) is 4.74 Å². The number of benzene rings is 1. The molecule has 138 valence electrons. The Hall–Kier alpha value is -2.17. The second-order valence-corrected chi connectivity index (χ2v) is 7.06. The highest BCUT2D eigenvalue weighted by molar-refractivity contribution is 7.10. The van der Waals surface area contributed by atoms with Crippen LogP contribution >= 0.6 is 11.3 Å². The van der Waals surface area contributed by atoms with Crippen LogP contribution < -0.4 is 0 Å². The molecule has 2 heterocycles. The van der Waals surface area contributed by atoms with E-state index in [0.29, 0.717) is 5.56 Å². The van der Waals surface area contributed by atoms with E-state index in [9.17, 15) is 30.1 Å². The maximum Gasteiger partial charge on any atom is 0.335 e. The summed E-state index contributed by atoms with van der Waals surface area (Å²) in [5, 5.41) is 46.0. The molecule has 3 rings (SSSR count). The molecule has 1 aliphatic heterocycles. The number of aliphatic carboxylic acids is 1. The quantitative estimate of drug-likeness (QED) is 0.565. The van der Waals surface area contributed by atoms with Crippen LogP contribution in [-0.4, -0.2) is 50.2 Å². The molecule has 2 aromatic rings. The van der Waals surface area contributed by atoms with Crippen molar-refractivity contribution in [3.8, 4) is 0 Å². The van der Waals surface area contributed by atoms with Gasteiger partial charge < -0.3 is 25.2 Å². The number of ether oxygens (including phenoxy) is 1. The predicted octanol–water partition coefficient (Wildman–Crippen LogP) is 0.846. The van der Waals surface area contributed by atoms with Gasteiger partial charge in [0.05, 0.1) is 4.88 Å². The van der Waals surface area contributed by atoms with Gasteiger partial charge in [-0.1, -0.05) is 41.6 Å². The lowest BCUT2D eigenvalue weighted by Crippen LogP contribution is -2.71. The number of thiophene rings is 1. The molecule has 0 saturated carbocycles. The second kappa shape index (κ2) is 6.86. The largest absolute Gasteiger partial charge is 0.479 e. The van der Waals surface area contributed by atoms with Gasteiger partial charge in [-0.2, -0.15) is 0 Å². The SMILES string of the molecule is O=N[C@]1(Cc2ccccc2)[C@@H](O)[C@H](O)[C@@H](C(=O)O)OC1(O)c1cccs1. The molecule has 0 radical (unpaired) electrons. The monoisotopic (exact) mass is 379 g/mol. The summed E-state index contributed by atoms with van der Waals surface area (Å²) in [6, 6.07) is 11.5. The third kappa shape index (κ3) is 2.74. The third-order valence-electron chi connectivity index (χ3n) is 4.59. The van der Waals surface area contributed by atoms with Crippen molar-refractivity contribution < 1.29 is 30.0 Å². The molecule has 1 fully saturated rings. The Morgan fingerprint density at radius 3 is 2.42 bits per heavy atom. The smallest absolute Gasteiger partial charge is 0.335 e. The Morgan fingerprint density at radius 1 is 1.19 bits per heavy atom. The number of aliphatic hydroxyl groups is 3. The predicted molar refractivity (Wildman–Crippen MR) is 91.4 cm³/mol. The van der Waals surface area contributed by atoms with E-state index in [0.717, 1.165) is 11.3 Å². The molecule has 1 aliphatic rings. The Morgan fingerprint density at radius 2 is 1.88 bits per heavy atom. The molecule has 4 N–H and O–H groups in total. The minimum absolute atomic E-state index is 0.102. The second-order valence-electron chi connectivity index (χ2n) is 6.11. The summed E-state index contributed by atoms with van der Waals surface area (Å²) in [5.74, 6) is -4.11. The number of nitrogens with zero attached hydrogens (tertiary/aromatic N) is 1. The molecule has 0 amide bonds. The summed E-state index contributed by atoms with van der Waals surface area (Å²) in [6.45, 7) is 0. The van der Waals surface area contributed by atoms with E-state index in [2.05, 4.69) is 5.18 Å². The van der Waals surface area contributed by atoms with Crippen LogP contribution in [0.25, 0.3) is 0 Å². The minimum Gasteiger partial charge on any atom is -0.479 e. The number of nitroso groups, excluding NO2 is 1. The molecular formula is C17H17NO7S. The van der Waals surface area contributed by atoms with E-state index >= 15 is 0 Å². The van der Waals surface area contributed by atoms with Crippen LogP contribution in [0.15, 0.2) is 53.0 Å².